The van der Waals surface area contributed by atoms with E-state index in [1.807, 2.05) is 13.0 Å². The Morgan fingerprint density at radius 3 is 2.07 bits per heavy atom. The fourth-order valence-electron chi connectivity index (χ4n) is 2.53. The van der Waals surface area contributed by atoms with Crippen LogP contribution in [0.1, 0.15) is 23.6 Å². The van der Waals surface area contributed by atoms with Gasteiger partial charge < -0.3 is 14.2 Å². The molecule has 1 N–H and O–H groups in total. The number of methoxy groups -OCH3 is 3. The number of benzene rings is 2. The largest absolute Gasteiger partial charge is 0.493 e. The van der Waals surface area contributed by atoms with Crippen LogP contribution in [0.15, 0.2) is 40.3 Å². The summed E-state index contributed by atoms with van der Waals surface area (Å²) >= 11 is 0. The van der Waals surface area contributed by atoms with E-state index in [4.69, 9.17) is 14.2 Å². The number of hydrogen-bond donors (Lipinski definition) is 1. The standard InChI is InChI=1S/C19H24N2O5S/c1-12-7-8-13(2)18(9-12)27(22,23)21-20-14(3)15-10-16(24-4)19(26-6)17(11-15)25-5/h7-11,21H,1-6H3. The smallest absolute Gasteiger partial charge is 0.276 e. The van der Waals surface area contributed by atoms with Gasteiger partial charge in [-0.2, -0.15) is 18.4 Å². The second kappa shape index (κ2) is 8.30. The van der Waals surface area contributed by atoms with Crippen molar-refractivity contribution in [3.05, 3.63) is 47.0 Å². The molecule has 146 valence electrons. The van der Waals surface area contributed by atoms with Gasteiger partial charge in [-0.05, 0) is 50.1 Å². The van der Waals surface area contributed by atoms with Gasteiger partial charge in [-0.3, -0.25) is 0 Å². The molecule has 27 heavy (non-hydrogen) atoms. The summed E-state index contributed by atoms with van der Waals surface area (Å²) in [5, 5.41) is 4.05. The Morgan fingerprint density at radius 1 is 0.963 bits per heavy atom. The van der Waals surface area contributed by atoms with Gasteiger partial charge in [0, 0.05) is 5.56 Å². The summed E-state index contributed by atoms with van der Waals surface area (Å²) in [4.78, 5) is 2.49. The van der Waals surface area contributed by atoms with Crippen LogP contribution in [-0.4, -0.2) is 35.5 Å². The molecule has 0 aliphatic rings. The molecule has 2 rings (SSSR count). The van der Waals surface area contributed by atoms with Crippen LogP contribution in [0, 0.1) is 13.8 Å². The number of ether oxygens (including phenoxy) is 3. The number of aryl methyl sites for hydroxylation is 2. The van der Waals surface area contributed by atoms with Crippen LogP contribution in [0.25, 0.3) is 0 Å². The summed E-state index contributed by atoms with van der Waals surface area (Å²) in [5.74, 6) is 1.37. The fourth-order valence-corrected chi connectivity index (χ4v) is 3.72. The molecule has 0 fully saturated rings. The summed E-state index contributed by atoms with van der Waals surface area (Å²) in [7, 11) is 0.749. The first-order chi connectivity index (χ1) is 12.7. The molecule has 0 saturated heterocycles. The Morgan fingerprint density at radius 2 is 1.56 bits per heavy atom. The topological polar surface area (TPSA) is 86.2 Å². The van der Waals surface area contributed by atoms with Crippen LogP contribution < -0.4 is 19.0 Å². The minimum Gasteiger partial charge on any atom is -0.493 e. The maximum Gasteiger partial charge on any atom is 0.276 e. The summed E-state index contributed by atoms with van der Waals surface area (Å²) in [6, 6.07) is 8.64. The molecule has 2 aromatic carbocycles. The Balaban J connectivity index is 2.39. The van der Waals surface area contributed by atoms with Crippen LogP contribution in [0.5, 0.6) is 17.2 Å². The maximum absolute atomic E-state index is 12.6. The van der Waals surface area contributed by atoms with Gasteiger partial charge in [-0.1, -0.05) is 12.1 Å². The zero-order chi connectivity index (χ0) is 20.2. The Hall–Kier alpha value is -2.74. The molecule has 2 aromatic rings. The van der Waals surface area contributed by atoms with E-state index < -0.39 is 10.0 Å². The van der Waals surface area contributed by atoms with Crippen molar-refractivity contribution < 1.29 is 22.6 Å². The monoisotopic (exact) mass is 392 g/mol. The van der Waals surface area contributed by atoms with Crippen molar-refractivity contribution in [2.45, 2.75) is 25.7 Å². The second-order valence-corrected chi connectivity index (χ2v) is 7.60. The van der Waals surface area contributed by atoms with E-state index in [0.717, 1.165) is 5.56 Å². The molecular weight excluding hydrogens is 368 g/mol. The fraction of sp³-hybridized carbons (Fsp3) is 0.316. The van der Waals surface area contributed by atoms with Crippen molar-refractivity contribution in [3.63, 3.8) is 0 Å². The zero-order valence-corrected chi connectivity index (χ0v) is 17.1. The Bertz CT molecular complexity index is 943. The van der Waals surface area contributed by atoms with Crippen LogP contribution in [0.4, 0.5) is 0 Å². The molecule has 0 unspecified atom stereocenters. The number of rotatable bonds is 7. The quantitative estimate of drug-likeness (QED) is 0.578. The van der Waals surface area contributed by atoms with Crippen molar-refractivity contribution in [2.75, 3.05) is 21.3 Å². The molecule has 0 amide bonds. The highest BCUT2D eigenvalue weighted by molar-refractivity contribution is 7.89. The third-order valence-electron chi connectivity index (χ3n) is 4.05. The Kier molecular flexibility index (Phi) is 6.32. The van der Waals surface area contributed by atoms with Gasteiger partial charge in [0.1, 0.15) is 0 Å². The number of sulfonamides is 1. The normalized spacial score (nSPS) is 11.9. The molecular formula is C19H24N2O5S. The lowest BCUT2D eigenvalue weighted by molar-refractivity contribution is 0.324. The second-order valence-electron chi connectivity index (χ2n) is 5.97. The third-order valence-corrected chi connectivity index (χ3v) is 5.40. The molecule has 0 spiro atoms. The number of hydrogen-bond acceptors (Lipinski definition) is 6. The summed E-state index contributed by atoms with van der Waals surface area (Å²) in [6.07, 6.45) is 0. The number of hydrazone groups is 1. The van der Waals surface area contributed by atoms with E-state index in [1.54, 1.807) is 38.1 Å². The van der Waals surface area contributed by atoms with Crippen molar-refractivity contribution >= 4 is 15.7 Å². The molecule has 0 atom stereocenters. The molecule has 0 heterocycles. The van der Waals surface area contributed by atoms with E-state index in [-0.39, 0.29) is 4.90 Å². The van der Waals surface area contributed by atoms with Crippen LogP contribution in [0.2, 0.25) is 0 Å². The lowest BCUT2D eigenvalue weighted by Crippen LogP contribution is -2.21. The molecule has 0 aromatic heterocycles. The van der Waals surface area contributed by atoms with Gasteiger partial charge in [-0.15, -0.1) is 0 Å². The summed E-state index contributed by atoms with van der Waals surface area (Å²) in [6.45, 7) is 5.26. The third kappa shape index (κ3) is 4.51. The average Bonchev–Trinajstić information content (AvgIpc) is 2.66. The highest BCUT2D eigenvalue weighted by atomic mass is 32.2. The minimum atomic E-state index is -3.79. The van der Waals surface area contributed by atoms with Gasteiger partial charge >= 0.3 is 0 Å². The van der Waals surface area contributed by atoms with Gasteiger partial charge in [0.2, 0.25) is 5.75 Å². The summed E-state index contributed by atoms with van der Waals surface area (Å²) in [5.41, 5.74) is 2.58. The van der Waals surface area contributed by atoms with E-state index in [9.17, 15) is 8.42 Å². The van der Waals surface area contributed by atoms with Crippen LogP contribution >= 0.6 is 0 Å². The molecule has 0 bridgehead atoms. The minimum absolute atomic E-state index is 0.198. The van der Waals surface area contributed by atoms with Crippen molar-refractivity contribution in [1.29, 1.82) is 0 Å². The van der Waals surface area contributed by atoms with Crippen molar-refractivity contribution in [2.24, 2.45) is 5.10 Å². The maximum atomic E-state index is 12.6. The highest BCUT2D eigenvalue weighted by Crippen LogP contribution is 2.38. The molecule has 0 aliphatic heterocycles. The first-order valence-electron chi connectivity index (χ1n) is 8.17. The molecule has 0 radical (unpaired) electrons. The van der Waals surface area contributed by atoms with Crippen LogP contribution in [-0.2, 0) is 10.0 Å². The highest BCUT2D eigenvalue weighted by Gasteiger charge is 2.18. The van der Waals surface area contributed by atoms with Crippen molar-refractivity contribution in [1.82, 2.24) is 4.83 Å². The van der Waals surface area contributed by atoms with Gasteiger partial charge in [0.15, 0.2) is 11.5 Å². The molecule has 7 nitrogen and oxygen atoms in total. The Labute approximate surface area is 160 Å². The van der Waals surface area contributed by atoms with Gasteiger partial charge in [0.25, 0.3) is 10.0 Å². The van der Waals surface area contributed by atoms with E-state index >= 15 is 0 Å². The van der Waals surface area contributed by atoms with E-state index in [2.05, 4.69) is 9.93 Å². The van der Waals surface area contributed by atoms with Gasteiger partial charge in [0.05, 0.1) is 31.9 Å². The van der Waals surface area contributed by atoms with E-state index in [1.165, 1.54) is 21.3 Å². The summed E-state index contributed by atoms with van der Waals surface area (Å²) < 4.78 is 41.1. The number of nitrogens with zero attached hydrogens (tertiary/aromatic N) is 1. The molecule has 0 aliphatic carbocycles. The SMILES string of the molecule is COc1cc(C(C)=NNS(=O)(=O)c2cc(C)ccc2C)cc(OC)c1OC. The van der Waals surface area contributed by atoms with Crippen LogP contribution in [0.3, 0.4) is 0 Å². The average molecular weight is 392 g/mol. The van der Waals surface area contributed by atoms with E-state index in [0.29, 0.717) is 34.1 Å². The van der Waals surface area contributed by atoms with Crippen molar-refractivity contribution in [3.8, 4) is 17.2 Å². The lowest BCUT2D eigenvalue weighted by Gasteiger charge is -2.14. The van der Waals surface area contributed by atoms with Gasteiger partial charge in [-0.25, -0.2) is 0 Å². The molecule has 0 saturated carbocycles. The lowest BCUT2D eigenvalue weighted by atomic mass is 10.1. The molecule has 8 heteroatoms. The first kappa shape index (κ1) is 20.6. The zero-order valence-electron chi connectivity index (χ0n) is 16.3. The first-order valence-corrected chi connectivity index (χ1v) is 9.65. The predicted octanol–water partition coefficient (Wildman–Crippen LogP) is 3.03. The predicted molar refractivity (Wildman–Crippen MR) is 105 cm³/mol. The number of nitrogens with one attached hydrogen (secondary N) is 1.